The number of hydrogen-bond acceptors (Lipinski definition) is 5. The minimum Gasteiger partial charge on any atom is -0.399 e. The highest BCUT2D eigenvalue weighted by molar-refractivity contribution is 7.99. The van der Waals surface area contributed by atoms with E-state index in [4.69, 9.17) is 5.73 Å². The maximum absolute atomic E-state index is 12.1. The lowest BCUT2D eigenvalue weighted by molar-refractivity contribution is 0.0824. The van der Waals surface area contributed by atoms with Gasteiger partial charge >= 0.3 is 0 Å². The summed E-state index contributed by atoms with van der Waals surface area (Å²) in [6.45, 7) is 0. The van der Waals surface area contributed by atoms with Crippen molar-refractivity contribution < 1.29 is 4.79 Å². The maximum Gasteiger partial charge on any atom is 0.254 e. The zero-order chi connectivity index (χ0) is 14.0. The van der Waals surface area contributed by atoms with Gasteiger partial charge < -0.3 is 15.2 Å². The fourth-order valence-corrected chi connectivity index (χ4v) is 2.44. The molecule has 0 bridgehead atoms. The smallest absolute Gasteiger partial charge is 0.254 e. The number of nitrogen functional groups attached to an aromatic ring is 1. The fraction of sp³-hybridized carbons (Fsp3) is 0.250. The number of aryl methyl sites for hydroxylation is 1. The summed E-state index contributed by atoms with van der Waals surface area (Å²) in [4.78, 5) is 14.4. The summed E-state index contributed by atoms with van der Waals surface area (Å²) in [7, 11) is 5.28. The quantitative estimate of drug-likeness (QED) is 0.854. The van der Waals surface area contributed by atoms with E-state index >= 15 is 0 Å². The molecule has 100 valence electrons. The van der Waals surface area contributed by atoms with E-state index < -0.39 is 0 Å². The lowest BCUT2D eigenvalue weighted by atomic mass is 10.2. The third-order valence-corrected chi connectivity index (χ3v) is 3.62. The number of carbonyl (C=O) groups excluding carboxylic acids is 1. The van der Waals surface area contributed by atoms with E-state index in [1.54, 1.807) is 43.2 Å². The van der Waals surface area contributed by atoms with Crippen LogP contribution in [-0.2, 0) is 7.05 Å². The Bertz CT molecular complexity index is 608. The Morgan fingerprint density at radius 2 is 2.16 bits per heavy atom. The van der Waals surface area contributed by atoms with Crippen molar-refractivity contribution in [3.05, 3.63) is 30.1 Å². The second-order valence-corrected chi connectivity index (χ2v) is 5.29. The van der Waals surface area contributed by atoms with Gasteiger partial charge in [0.15, 0.2) is 5.16 Å². The van der Waals surface area contributed by atoms with Crippen LogP contribution in [0.1, 0.15) is 10.4 Å². The van der Waals surface area contributed by atoms with E-state index in [1.807, 2.05) is 7.05 Å². The van der Waals surface area contributed by atoms with Crippen LogP contribution in [0.25, 0.3) is 0 Å². The SMILES string of the molecule is CN(C)C(=O)c1ccc(N)cc1Sc1nncn1C. The van der Waals surface area contributed by atoms with Gasteiger partial charge in [-0.05, 0) is 30.0 Å². The predicted octanol–water partition coefficient (Wildman–Crippen LogP) is 1.25. The molecule has 0 unspecified atom stereocenters. The molecule has 0 spiro atoms. The highest BCUT2D eigenvalue weighted by atomic mass is 32.2. The number of nitrogens with zero attached hydrogens (tertiary/aromatic N) is 4. The van der Waals surface area contributed by atoms with Crippen molar-refractivity contribution >= 4 is 23.4 Å². The number of benzene rings is 1. The van der Waals surface area contributed by atoms with Crippen molar-refractivity contribution in [1.29, 1.82) is 0 Å². The van der Waals surface area contributed by atoms with Gasteiger partial charge in [-0.2, -0.15) is 0 Å². The first kappa shape index (κ1) is 13.4. The lowest BCUT2D eigenvalue weighted by Gasteiger charge is -2.14. The molecular weight excluding hydrogens is 262 g/mol. The minimum absolute atomic E-state index is 0.0651. The molecule has 0 saturated heterocycles. The van der Waals surface area contributed by atoms with Crippen LogP contribution in [0.2, 0.25) is 0 Å². The van der Waals surface area contributed by atoms with Crippen molar-refractivity contribution in [3.8, 4) is 0 Å². The van der Waals surface area contributed by atoms with E-state index in [0.717, 1.165) is 4.90 Å². The first-order chi connectivity index (χ1) is 8.99. The van der Waals surface area contributed by atoms with Crippen LogP contribution in [0.15, 0.2) is 34.6 Å². The average Bonchev–Trinajstić information content (AvgIpc) is 2.74. The van der Waals surface area contributed by atoms with E-state index in [1.165, 1.54) is 16.7 Å². The third-order valence-electron chi connectivity index (χ3n) is 2.51. The molecule has 6 nitrogen and oxygen atoms in total. The highest BCUT2D eigenvalue weighted by Gasteiger charge is 2.16. The molecule has 1 aromatic carbocycles. The molecule has 0 aliphatic heterocycles. The molecule has 1 heterocycles. The number of rotatable bonds is 3. The Labute approximate surface area is 115 Å². The van der Waals surface area contributed by atoms with Gasteiger partial charge in [0, 0.05) is 31.7 Å². The Kier molecular flexibility index (Phi) is 3.75. The van der Waals surface area contributed by atoms with Crippen LogP contribution in [0, 0.1) is 0 Å². The molecule has 0 saturated carbocycles. The molecule has 19 heavy (non-hydrogen) atoms. The van der Waals surface area contributed by atoms with Crippen LogP contribution in [-0.4, -0.2) is 39.7 Å². The molecule has 0 radical (unpaired) electrons. The van der Waals surface area contributed by atoms with Gasteiger partial charge in [0.25, 0.3) is 5.91 Å². The molecule has 7 heteroatoms. The summed E-state index contributed by atoms with van der Waals surface area (Å²) in [6, 6.07) is 5.23. The van der Waals surface area contributed by atoms with Gasteiger partial charge in [0.2, 0.25) is 0 Å². The standard InChI is InChI=1S/C12H15N5OS/c1-16(2)11(18)9-5-4-8(13)6-10(9)19-12-15-14-7-17(12)3/h4-7H,13H2,1-3H3. The number of carbonyl (C=O) groups is 1. The Morgan fingerprint density at radius 1 is 1.42 bits per heavy atom. The number of hydrogen-bond donors (Lipinski definition) is 1. The van der Waals surface area contributed by atoms with Crippen molar-refractivity contribution in [1.82, 2.24) is 19.7 Å². The summed E-state index contributed by atoms with van der Waals surface area (Å²) in [6.07, 6.45) is 1.61. The summed E-state index contributed by atoms with van der Waals surface area (Å²) in [5, 5.41) is 8.52. The maximum atomic E-state index is 12.1. The zero-order valence-electron chi connectivity index (χ0n) is 11.0. The van der Waals surface area contributed by atoms with Crippen LogP contribution in [0.4, 0.5) is 5.69 Å². The van der Waals surface area contributed by atoms with E-state index in [2.05, 4.69) is 10.2 Å². The van der Waals surface area contributed by atoms with E-state index in [0.29, 0.717) is 16.4 Å². The molecule has 2 rings (SSSR count). The molecule has 1 amide bonds. The monoisotopic (exact) mass is 277 g/mol. The normalized spacial score (nSPS) is 10.5. The second kappa shape index (κ2) is 5.31. The summed E-state index contributed by atoms with van der Waals surface area (Å²) in [5.41, 5.74) is 7.00. The number of aromatic nitrogens is 3. The number of anilines is 1. The number of amides is 1. The average molecular weight is 277 g/mol. The van der Waals surface area contributed by atoms with Crippen molar-refractivity contribution in [3.63, 3.8) is 0 Å². The molecular formula is C12H15N5OS. The zero-order valence-corrected chi connectivity index (χ0v) is 11.8. The molecule has 0 atom stereocenters. The predicted molar refractivity (Wildman–Crippen MR) is 74.0 cm³/mol. The van der Waals surface area contributed by atoms with Crippen LogP contribution in [0.3, 0.4) is 0 Å². The van der Waals surface area contributed by atoms with Crippen LogP contribution in [0.5, 0.6) is 0 Å². The lowest BCUT2D eigenvalue weighted by Crippen LogP contribution is -2.22. The van der Waals surface area contributed by atoms with Gasteiger partial charge in [-0.3, -0.25) is 4.79 Å². The third kappa shape index (κ3) is 2.87. The molecule has 0 fully saturated rings. The molecule has 0 aliphatic rings. The van der Waals surface area contributed by atoms with Crippen molar-refractivity contribution in [2.24, 2.45) is 7.05 Å². The van der Waals surface area contributed by atoms with E-state index in [9.17, 15) is 4.79 Å². The van der Waals surface area contributed by atoms with Gasteiger partial charge in [-0.1, -0.05) is 0 Å². The van der Waals surface area contributed by atoms with Crippen molar-refractivity contribution in [2.75, 3.05) is 19.8 Å². The second-order valence-electron chi connectivity index (χ2n) is 4.28. The fourth-order valence-electron chi connectivity index (χ4n) is 1.50. The van der Waals surface area contributed by atoms with Gasteiger partial charge in [-0.25, -0.2) is 0 Å². The van der Waals surface area contributed by atoms with Gasteiger partial charge in [0.1, 0.15) is 6.33 Å². The number of nitrogens with two attached hydrogens (primary N) is 1. The Balaban J connectivity index is 2.41. The molecule has 0 aliphatic carbocycles. The first-order valence-electron chi connectivity index (χ1n) is 5.62. The first-order valence-corrected chi connectivity index (χ1v) is 6.43. The Hall–Kier alpha value is -2.02. The van der Waals surface area contributed by atoms with Crippen molar-refractivity contribution in [2.45, 2.75) is 10.1 Å². The summed E-state index contributed by atoms with van der Waals surface area (Å²) < 4.78 is 1.79. The minimum atomic E-state index is -0.0651. The Morgan fingerprint density at radius 3 is 2.74 bits per heavy atom. The summed E-state index contributed by atoms with van der Waals surface area (Å²) >= 11 is 1.37. The van der Waals surface area contributed by atoms with Gasteiger partial charge in [-0.15, -0.1) is 10.2 Å². The largest absolute Gasteiger partial charge is 0.399 e. The van der Waals surface area contributed by atoms with Crippen LogP contribution >= 0.6 is 11.8 Å². The van der Waals surface area contributed by atoms with E-state index in [-0.39, 0.29) is 5.91 Å². The topological polar surface area (TPSA) is 77.0 Å². The molecule has 2 N–H and O–H groups in total. The summed E-state index contributed by atoms with van der Waals surface area (Å²) in [5.74, 6) is -0.0651. The molecule has 1 aromatic heterocycles. The molecule has 2 aromatic rings. The highest BCUT2D eigenvalue weighted by Crippen LogP contribution is 2.30. The van der Waals surface area contributed by atoms with Crippen LogP contribution < -0.4 is 5.73 Å². The van der Waals surface area contributed by atoms with Gasteiger partial charge in [0.05, 0.1) is 5.56 Å².